The molecule has 0 radical (unpaired) electrons. The monoisotopic (exact) mass is 183 g/mol. The molecule has 0 unspecified atom stereocenters. The van der Waals surface area contributed by atoms with Crippen LogP contribution in [0.5, 0.6) is 0 Å². The van der Waals surface area contributed by atoms with Gasteiger partial charge in [-0.3, -0.25) is 9.59 Å². The standard InChI is InChI=1S/C8H9NO4/c10-4-6-1-2-7(5-11)9(6)3-8(12)13/h1-2,4,11H,3,5H2,(H,12,13). The summed E-state index contributed by atoms with van der Waals surface area (Å²) in [7, 11) is 0. The van der Waals surface area contributed by atoms with E-state index in [2.05, 4.69) is 0 Å². The Morgan fingerprint density at radius 1 is 1.54 bits per heavy atom. The fraction of sp³-hybridized carbons (Fsp3) is 0.250. The summed E-state index contributed by atoms with van der Waals surface area (Å²) < 4.78 is 1.26. The molecule has 0 aliphatic heterocycles. The minimum absolute atomic E-state index is 0.256. The van der Waals surface area contributed by atoms with Crippen LogP contribution in [0.3, 0.4) is 0 Å². The summed E-state index contributed by atoms with van der Waals surface area (Å²) >= 11 is 0. The number of aliphatic hydroxyl groups is 1. The molecule has 0 aliphatic rings. The van der Waals surface area contributed by atoms with E-state index >= 15 is 0 Å². The SMILES string of the molecule is O=Cc1ccc(CO)n1CC(=O)O. The van der Waals surface area contributed by atoms with E-state index < -0.39 is 5.97 Å². The second kappa shape index (κ2) is 3.86. The van der Waals surface area contributed by atoms with E-state index in [1.807, 2.05) is 0 Å². The molecule has 0 saturated heterocycles. The summed E-state index contributed by atoms with van der Waals surface area (Å²) in [6, 6.07) is 2.99. The van der Waals surface area contributed by atoms with Crippen molar-refractivity contribution in [2.24, 2.45) is 0 Å². The highest BCUT2D eigenvalue weighted by atomic mass is 16.4. The minimum atomic E-state index is -1.05. The fourth-order valence-electron chi connectivity index (χ4n) is 1.10. The number of carboxylic acid groups (broad SMARTS) is 1. The number of aromatic nitrogens is 1. The molecule has 5 heteroatoms. The molecule has 0 atom stereocenters. The zero-order valence-electron chi connectivity index (χ0n) is 6.80. The number of aldehydes is 1. The average molecular weight is 183 g/mol. The highest BCUT2D eigenvalue weighted by Gasteiger charge is 2.09. The van der Waals surface area contributed by atoms with Gasteiger partial charge in [-0.05, 0) is 12.1 Å². The normalized spacial score (nSPS) is 9.92. The number of hydrogen-bond acceptors (Lipinski definition) is 3. The number of nitrogens with zero attached hydrogens (tertiary/aromatic N) is 1. The highest BCUT2D eigenvalue weighted by molar-refractivity contribution is 5.75. The first-order valence-electron chi connectivity index (χ1n) is 3.65. The topological polar surface area (TPSA) is 79.5 Å². The Morgan fingerprint density at radius 2 is 2.23 bits per heavy atom. The van der Waals surface area contributed by atoms with E-state index in [1.54, 1.807) is 0 Å². The lowest BCUT2D eigenvalue weighted by Gasteiger charge is -2.05. The van der Waals surface area contributed by atoms with Crippen LogP contribution < -0.4 is 0 Å². The third kappa shape index (κ3) is 1.94. The molecular formula is C8H9NO4. The van der Waals surface area contributed by atoms with E-state index in [4.69, 9.17) is 10.2 Å². The lowest BCUT2D eigenvalue weighted by atomic mass is 10.4. The maximum absolute atomic E-state index is 10.4. The smallest absolute Gasteiger partial charge is 0.323 e. The fourth-order valence-corrected chi connectivity index (χ4v) is 1.10. The van der Waals surface area contributed by atoms with Crippen LogP contribution >= 0.6 is 0 Å². The van der Waals surface area contributed by atoms with E-state index in [9.17, 15) is 9.59 Å². The molecule has 2 N–H and O–H groups in total. The molecule has 1 aromatic heterocycles. The molecule has 1 heterocycles. The summed E-state index contributed by atoms with van der Waals surface area (Å²) in [6.07, 6.45) is 0.558. The van der Waals surface area contributed by atoms with Crippen LogP contribution in [-0.4, -0.2) is 27.0 Å². The van der Waals surface area contributed by atoms with Gasteiger partial charge in [-0.15, -0.1) is 0 Å². The summed E-state index contributed by atoms with van der Waals surface area (Å²) in [5.74, 6) is -1.05. The predicted octanol–water partition coefficient (Wildman–Crippen LogP) is -0.122. The van der Waals surface area contributed by atoms with Crippen LogP contribution in [-0.2, 0) is 17.9 Å². The van der Waals surface area contributed by atoms with Crippen molar-refractivity contribution in [3.8, 4) is 0 Å². The van der Waals surface area contributed by atoms with E-state index in [0.29, 0.717) is 12.0 Å². The van der Waals surface area contributed by atoms with Crippen LogP contribution in [0.15, 0.2) is 12.1 Å². The zero-order chi connectivity index (χ0) is 9.84. The van der Waals surface area contributed by atoms with Gasteiger partial charge in [0.2, 0.25) is 0 Å². The van der Waals surface area contributed by atoms with Crippen molar-refractivity contribution in [2.45, 2.75) is 13.2 Å². The Balaban J connectivity index is 3.04. The van der Waals surface area contributed by atoms with Gasteiger partial charge in [-0.25, -0.2) is 0 Å². The molecule has 0 aliphatic carbocycles. The van der Waals surface area contributed by atoms with Gasteiger partial charge >= 0.3 is 5.97 Å². The summed E-state index contributed by atoms with van der Waals surface area (Å²) in [5.41, 5.74) is 0.677. The molecular weight excluding hydrogens is 174 g/mol. The summed E-state index contributed by atoms with van der Waals surface area (Å²) in [5, 5.41) is 17.3. The molecule has 0 fully saturated rings. The van der Waals surface area contributed by atoms with Crippen LogP contribution in [0.1, 0.15) is 16.2 Å². The number of aliphatic hydroxyl groups excluding tert-OH is 1. The number of carbonyl (C=O) groups is 2. The quantitative estimate of drug-likeness (QED) is 0.637. The van der Waals surface area contributed by atoms with Crippen LogP contribution in [0.25, 0.3) is 0 Å². The molecule has 0 bridgehead atoms. The van der Waals surface area contributed by atoms with Gasteiger partial charge in [0.05, 0.1) is 12.3 Å². The molecule has 0 spiro atoms. The highest BCUT2D eigenvalue weighted by Crippen LogP contribution is 2.07. The van der Waals surface area contributed by atoms with Crippen LogP contribution in [0.4, 0.5) is 0 Å². The van der Waals surface area contributed by atoms with Gasteiger partial charge in [-0.2, -0.15) is 0 Å². The number of hydrogen-bond donors (Lipinski definition) is 2. The lowest BCUT2D eigenvalue weighted by molar-refractivity contribution is -0.137. The van der Waals surface area contributed by atoms with Gasteiger partial charge in [0.1, 0.15) is 6.54 Å². The first-order chi connectivity index (χ1) is 6.19. The zero-order valence-corrected chi connectivity index (χ0v) is 6.80. The third-order valence-electron chi connectivity index (χ3n) is 1.68. The van der Waals surface area contributed by atoms with Crippen molar-refractivity contribution in [3.63, 3.8) is 0 Å². The van der Waals surface area contributed by atoms with Gasteiger partial charge in [0.25, 0.3) is 0 Å². The molecule has 5 nitrogen and oxygen atoms in total. The number of aliphatic carboxylic acids is 1. The summed E-state index contributed by atoms with van der Waals surface area (Å²) in [6.45, 7) is -0.585. The second-order valence-electron chi connectivity index (χ2n) is 2.51. The van der Waals surface area contributed by atoms with Crippen molar-refractivity contribution in [1.29, 1.82) is 0 Å². The summed E-state index contributed by atoms with van der Waals surface area (Å²) in [4.78, 5) is 20.8. The maximum Gasteiger partial charge on any atom is 0.323 e. The Morgan fingerprint density at radius 3 is 2.69 bits per heavy atom. The minimum Gasteiger partial charge on any atom is -0.480 e. The van der Waals surface area contributed by atoms with Crippen molar-refractivity contribution >= 4 is 12.3 Å². The number of rotatable bonds is 4. The second-order valence-corrected chi connectivity index (χ2v) is 2.51. The molecule has 0 aromatic carbocycles. The van der Waals surface area contributed by atoms with Crippen LogP contribution in [0.2, 0.25) is 0 Å². The van der Waals surface area contributed by atoms with Gasteiger partial charge < -0.3 is 14.8 Å². The predicted molar refractivity (Wildman–Crippen MR) is 43.4 cm³/mol. The Hall–Kier alpha value is -1.62. The number of carboxylic acids is 1. The molecule has 1 aromatic rings. The van der Waals surface area contributed by atoms with Crippen molar-refractivity contribution in [3.05, 3.63) is 23.5 Å². The Labute approximate surface area is 74.2 Å². The van der Waals surface area contributed by atoms with Crippen molar-refractivity contribution < 1.29 is 19.8 Å². The Kier molecular flexibility index (Phi) is 2.81. The molecule has 0 amide bonds. The maximum atomic E-state index is 10.4. The van der Waals surface area contributed by atoms with Crippen molar-refractivity contribution in [2.75, 3.05) is 0 Å². The first kappa shape index (κ1) is 9.47. The lowest BCUT2D eigenvalue weighted by Crippen LogP contribution is -2.13. The molecule has 70 valence electrons. The first-order valence-corrected chi connectivity index (χ1v) is 3.65. The third-order valence-corrected chi connectivity index (χ3v) is 1.68. The van der Waals surface area contributed by atoms with Crippen LogP contribution in [0, 0.1) is 0 Å². The van der Waals surface area contributed by atoms with Gasteiger partial charge in [0.15, 0.2) is 6.29 Å². The molecule has 13 heavy (non-hydrogen) atoms. The van der Waals surface area contributed by atoms with Gasteiger partial charge in [0, 0.05) is 5.69 Å². The van der Waals surface area contributed by atoms with Crippen molar-refractivity contribution in [1.82, 2.24) is 4.57 Å². The average Bonchev–Trinajstić information content (AvgIpc) is 2.46. The van der Waals surface area contributed by atoms with E-state index in [1.165, 1.54) is 16.7 Å². The number of carbonyl (C=O) groups excluding carboxylic acids is 1. The van der Waals surface area contributed by atoms with Gasteiger partial charge in [-0.1, -0.05) is 0 Å². The Bertz CT molecular complexity index is 329. The van der Waals surface area contributed by atoms with E-state index in [0.717, 1.165) is 0 Å². The molecule has 0 saturated carbocycles. The molecule has 1 rings (SSSR count). The largest absolute Gasteiger partial charge is 0.480 e. The van der Waals surface area contributed by atoms with E-state index in [-0.39, 0.29) is 18.8 Å².